The minimum Gasteiger partial charge on any atom is -0.494 e. The van der Waals surface area contributed by atoms with Gasteiger partial charge in [-0.05, 0) is 43.5 Å². The van der Waals surface area contributed by atoms with Crippen molar-refractivity contribution in [3.8, 4) is 5.75 Å². The highest BCUT2D eigenvalue weighted by atomic mass is 32.1. The number of thiocarbonyl (C=S) groups is 1. The van der Waals surface area contributed by atoms with Gasteiger partial charge < -0.3 is 15.4 Å². The van der Waals surface area contributed by atoms with Gasteiger partial charge >= 0.3 is 0 Å². The number of nitrogens with one attached hydrogen (secondary N) is 2. The summed E-state index contributed by atoms with van der Waals surface area (Å²) in [6.45, 7) is 2.85. The van der Waals surface area contributed by atoms with Gasteiger partial charge in [-0.3, -0.25) is 4.79 Å². The number of hydrogen-bond donors (Lipinski definition) is 2. The molecule has 1 aromatic carbocycles. The lowest BCUT2D eigenvalue weighted by atomic mass is 10.3. The van der Waals surface area contributed by atoms with Crippen molar-refractivity contribution < 1.29 is 9.53 Å². The molecule has 0 unspecified atom stereocenters. The fraction of sp³-hybridized carbons (Fsp3) is 0.467. The van der Waals surface area contributed by atoms with Crippen LogP contribution in [-0.4, -0.2) is 23.5 Å². The monoisotopic (exact) mass is 292 g/mol. The number of carbonyl (C=O) groups is 1. The second-order valence-electron chi connectivity index (χ2n) is 4.93. The Morgan fingerprint density at radius 3 is 2.65 bits per heavy atom. The molecule has 1 amide bonds. The van der Waals surface area contributed by atoms with Gasteiger partial charge in [0.25, 0.3) is 5.91 Å². The van der Waals surface area contributed by atoms with Crippen LogP contribution in [0.1, 0.15) is 32.6 Å². The standard InChI is InChI=1S/C15H20N2O2S/c1-2-3-10-19-13-8-6-11(7-9-13)16-14(18)15(20)17-12-4-5-12/h6-9,12H,2-5,10H2,1H3,(H,16,18)(H,17,20). The third kappa shape index (κ3) is 4.81. The van der Waals surface area contributed by atoms with Crippen molar-refractivity contribution in [2.75, 3.05) is 11.9 Å². The molecule has 0 aromatic heterocycles. The number of unbranched alkanes of at least 4 members (excludes halogenated alkanes) is 1. The molecule has 0 radical (unpaired) electrons. The van der Waals surface area contributed by atoms with E-state index in [1.165, 1.54) is 0 Å². The Kier molecular flexibility index (Phi) is 5.35. The van der Waals surface area contributed by atoms with Gasteiger partial charge in [0.2, 0.25) is 0 Å². The summed E-state index contributed by atoms with van der Waals surface area (Å²) in [5, 5.41) is 5.79. The molecule has 2 N–H and O–H groups in total. The molecule has 5 heteroatoms. The lowest BCUT2D eigenvalue weighted by Gasteiger charge is -2.09. The zero-order chi connectivity index (χ0) is 14.4. The maximum Gasteiger partial charge on any atom is 0.283 e. The summed E-state index contributed by atoms with van der Waals surface area (Å²) in [4.78, 5) is 12.1. The average Bonchev–Trinajstić information content (AvgIpc) is 3.25. The Labute approximate surface area is 124 Å². The predicted octanol–water partition coefficient (Wildman–Crippen LogP) is 2.88. The van der Waals surface area contributed by atoms with E-state index in [0.717, 1.165) is 43.7 Å². The smallest absolute Gasteiger partial charge is 0.283 e. The van der Waals surface area contributed by atoms with E-state index in [4.69, 9.17) is 17.0 Å². The number of carbonyl (C=O) groups excluding carboxylic acids is 1. The van der Waals surface area contributed by atoms with Crippen LogP contribution in [0, 0.1) is 0 Å². The van der Waals surface area contributed by atoms with Crippen LogP contribution in [0.3, 0.4) is 0 Å². The SMILES string of the molecule is CCCCOc1ccc(NC(=O)C(=S)NC2CC2)cc1. The number of rotatable bonds is 6. The largest absolute Gasteiger partial charge is 0.494 e. The first-order valence-electron chi connectivity index (χ1n) is 7.03. The molecule has 1 aliphatic rings. The van der Waals surface area contributed by atoms with Crippen molar-refractivity contribution in [2.24, 2.45) is 0 Å². The zero-order valence-corrected chi connectivity index (χ0v) is 12.5. The number of amides is 1. The predicted molar refractivity (Wildman–Crippen MR) is 84.2 cm³/mol. The molecule has 0 bridgehead atoms. The Morgan fingerprint density at radius 1 is 1.35 bits per heavy atom. The minimum absolute atomic E-state index is 0.258. The molecule has 4 nitrogen and oxygen atoms in total. The van der Waals surface area contributed by atoms with Crippen molar-refractivity contribution in [3.05, 3.63) is 24.3 Å². The molecule has 108 valence electrons. The molecular formula is C15H20N2O2S. The second kappa shape index (κ2) is 7.24. The van der Waals surface area contributed by atoms with Gasteiger partial charge in [-0.2, -0.15) is 0 Å². The maximum atomic E-state index is 11.8. The van der Waals surface area contributed by atoms with Crippen LogP contribution in [0.4, 0.5) is 5.69 Å². The molecule has 20 heavy (non-hydrogen) atoms. The molecule has 1 aromatic rings. The third-order valence-electron chi connectivity index (χ3n) is 3.00. The van der Waals surface area contributed by atoms with Crippen molar-refractivity contribution >= 4 is 28.8 Å². The van der Waals surface area contributed by atoms with E-state index >= 15 is 0 Å². The van der Waals surface area contributed by atoms with Crippen LogP contribution in [0.25, 0.3) is 0 Å². The van der Waals surface area contributed by atoms with Crippen LogP contribution < -0.4 is 15.4 Å². The molecule has 1 saturated carbocycles. The van der Waals surface area contributed by atoms with Crippen LogP contribution >= 0.6 is 12.2 Å². The summed E-state index contributed by atoms with van der Waals surface area (Å²) in [6, 6.07) is 7.73. The van der Waals surface area contributed by atoms with Crippen molar-refractivity contribution in [1.82, 2.24) is 5.32 Å². The highest BCUT2D eigenvalue weighted by Gasteiger charge is 2.24. The lowest BCUT2D eigenvalue weighted by molar-refractivity contribution is -0.110. The summed E-state index contributed by atoms with van der Waals surface area (Å²) >= 11 is 5.04. The minimum atomic E-state index is -0.258. The molecule has 0 spiro atoms. The summed E-state index contributed by atoms with van der Waals surface area (Å²) in [7, 11) is 0. The molecule has 2 rings (SSSR count). The van der Waals surface area contributed by atoms with Crippen LogP contribution in [0.5, 0.6) is 5.75 Å². The van der Waals surface area contributed by atoms with E-state index in [1.54, 1.807) is 0 Å². The molecule has 0 heterocycles. The quantitative estimate of drug-likeness (QED) is 0.625. The summed E-state index contributed by atoms with van der Waals surface area (Å²) in [6.07, 6.45) is 4.34. The fourth-order valence-corrected chi connectivity index (χ4v) is 1.85. The summed E-state index contributed by atoms with van der Waals surface area (Å²) in [5.74, 6) is 0.557. The van der Waals surface area contributed by atoms with Crippen LogP contribution in [-0.2, 0) is 4.79 Å². The molecular weight excluding hydrogens is 272 g/mol. The summed E-state index contributed by atoms with van der Waals surface area (Å²) in [5.41, 5.74) is 0.720. The van der Waals surface area contributed by atoms with Crippen molar-refractivity contribution in [1.29, 1.82) is 0 Å². The highest BCUT2D eigenvalue weighted by molar-refractivity contribution is 7.82. The molecule has 1 fully saturated rings. The number of anilines is 1. The Bertz CT molecular complexity index is 469. The first-order valence-corrected chi connectivity index (χ1v) is 7.44. The lowest BCUT2D eigenvalue weighted by Crippen LogP contribution is -2.35. The van der Waals surface area contributed by atoms with Gasteiger partial charge in [-0.15, -0.1) is 0 Å². The first-order chi connectivity index (χ1) is 9.69. The van der Waals surface area contributed by atoms with Crippen molar-refractivity contribution in [3.63, 3.8) is 0 Å². The fourth-order valence-electron chi connectivity index (χ4n) is 1.64. The highest BCUT2D eigenvalue weighted by Crippen LogP contribution is 2.19. The van der Waals surface area contributed by atoms with Gasteiger partial charge in [-0.25, -0.2) is 0 Å². The molecule has 1 aliphatic carbocycles. The second-order valence-corrected chi connectivity index (χ2v) is 5.34. The molecule has 0 aliphatic heterocycles. The van der Waals surface area contributed by atoms with E-state index in [0.29, 0.717) is 6.04 Å². The Morgan fingerprint density at radius 2 is 2.05 bits per heavy atom. The average molecular weight is 292 g/mol. The number of benzene rings is 1. The van der Waals surface area contributed by atoms with Gasteiger partial charge in [0, 0.05) is 11.7 Å². The van der Waals surface area contributed by atoms with Crippen LogP contribution in [0.15, 0.2) is 24.3 Å². The van der Waals surface area contributed by atoms with E-state index in [2.05, 4.69) is 17.6 Å². The maximum absolute atomic E-state index is 11.8. The molecule has 0 saturated heterocycles. The topological polar surface area (TPSA) is 50.4 Å². The van der Waals surface area contributed by atoms with Gasteiger partial charge in [0.1, 0.15) is 5.75 Å². The van der Waals surface area contributed by atoms with E-state index in [1.807, 2.05) is 24.3 Å². The Hall–Kier alpha value is -1.62. The van der Waals surface area contributed by atoms with Crippen molar-refractivity contribution in [2.45, 2.75) is 38.6 Å². The third-order valence-corrected chi connectivity index (χ3v) is 3.30. The number of ether oxygens (including phenoxy) is 1. The van der Waals surface area contributed by atoms with Gasteiger partial charge in [0.15, 0.2) is 4.99 Å². The first kappa shape index (κ1) is 14.8. The van der Waals surface area contributed by atoms with E-state index in [9.17, 15) is 4.79 Å². The Balaban J connectivity index is 1.80. The summed E-state index contributed by atoms with van der Waals surface area (Å²) < 4.78 is 5.56. The van der Waals surface area contributed by atoms with E-state index in [-0.39, 0.29) is 10.9 Å². The molecule has 0 atom stereocenters. The van der Waals surface area contributed by atoms with E-state index < -0.39 is 0 Å². The van der Waals surface area contributed by atoms with Gasteiger partial charge in [-0.1, -0.05) is 25.6 Å². The zero-order valence-electron chi connectivity index (χ0n) is 11.6. The number of hydrogen-bond acceptors (Lipinski definition) is 3. The van der Waals surface area contributed by atoms with Crippen LogP contribution in [0.2, 0.25) is 0 Å². The van der Waals surface area contributed by atoms with Gasteiger partial charge in [0.05, 0.1) is 6.61 Å². The normalized spacial score (nSPS) is 13.7.